The van der Waals surface area contributed by atoms with Gasteiger partial charge in [-0.15, -0.1) is 0 Å². The summed E-state index contributed by atoms with van der Waals surface area (Å²) in [5.41, 5.74) is 5.79. The first kappa shape index (κ1) is 10.3. The smallest absolute Gasteiger partial charge is 0.104 e. The summed E-state index contributed by atoms with van der Waals surface area (Å²) in [4.78, 5) is 4.49. The second-order valence-corrected chi connectivity index (χ2v) is 5.57. The summed E-state index contributed by atoms with van der Waals surface area (Å²) in [6.45, 7) is 0.994. The Balaban J connectivity index is 1.78. The Morgan fingerprint density at radius 1 is 1.43 bits per heavy atom. The Labute approximate surface area is 90.7 Å². The second kappa shape index (κ2) is 4.56. The van der Waals surface area contributed by atoms with Crippen molar-refractivity contribution < 1.29 is 0 Å². The zero-order chi connectivity index (χ0) is 9.97. The van der Waals surface area contributed by atoms with Crippen molar-refractivity contribution in [3.8, 4) is 0 Å². The molecule has 0 aromatic heterocycles. The van der Waals surface area contributed by atoms with E-state index in [2.05, 4.69) is 11.2 Å². The fourth-order valence-electron chi connectivity index (χ4n) is 3.03. The average molecular weight is 212 g/mol. The predicted molar refractivity (Wildman–Crippen MR) is 63.8 cm³/mol. The number of rotatable bonds is 4. The molecule has 2 aliphatic carbocycles. The lowest BCUT2D eigenvalue weighted by Gasteiger charge is -2.19. The molecule has 0 aromatic carbocycles. The predicted octanol–water partition coefficient (Wildman–Crippen LogP) is 2.14. The van der Waals surface area contributed by atoms with Crippen LogP contribution in [0, 0.1) is 17.8 Å². The number of nitrogens with zero attached hydrogens (tertiary/aromatic N) is 1. The van der Waals surface area contributed by atoms with Crippen LogP contribution in [0.15, 0.2) is 4.99 Å². The topological polar surface area (TPSA) is 38.4 Å². The van der Waals surface area contributed by atoms with Crippen LogP contribution in [0.3, 0.4) is 0 Å². The van der Waals surface area contributed by atoms with E-state index in [0.29, 0.717) is 0 Å². The minimum atomic E-state index is 0.834. The molecule has 2 bridgehead atoms. The molecule has 2 fully saturated rings. The quantitative estimate of drug-likeness (QED) is 0.573. The average Bonchev–Trinajstić information content (AvgIpc) is 2.76. The van der Waals surface area contributed by atoms with Crippen molar-refractivity contribution in [3.05, 3.63) is 0 Å². The molecule has 3 atom stereocenters. The molecule has 0 spiro atoms. The first-order valence-electron chi connectivity index (χ1n) is 5.57. The summed E-state index contributed by atoms with van der Waals surface area (Å²) in [6, 6.07) is 0. The van der Waals surface area contributed by atoms with E-state index in [4.69, 9.17) is 5.73 Å². The number of aliphatic imine (C=N–C) groups is 1. The molecule has 0 amide bonds. The fourth-order valence-corrected chi connectivity index (χ4v) is 3.42. The monoisotopic (exact) mass is 212 g/mol. The van der Waals surface area contributed by atoms with Crippen LogP contribution >= 0.6 is 11.8 Å². The Morgan fingerprint density at radius 2 is 2.29 bits per heavy atom. The number of hydrogen-bond donors (Lipinski definition) is 1. The third-order valence-corrected chi connectivity index (χ3v) is 4.29. The van der Waals surface area contributed by atoms with Crippen molar-refractivity contribution in [3.63, 3.8) is 0 Å². The number of hydrogen-bond acceptors (Lipinski definition) is 2. The standard InChI is InChI=1S/C11H20N2S/c1-14-7-11(12)13-6-10-5-8-2-3-9(10)4-8/h8-10H,2-7H2,1H3,(H2,12,13)/t8-,9-,10-/m0/s1. The van der Waals surface area contributed by atoms with E-state index in [-0.39, 0.29) is 0 Å². The minimum Gasteiger partial charge on any atom is -0.387 e. The zero-order valence-electron chi connectivity index (χ0n) is 8.91. The minimum absolute atomic E-state index is 0.834. The van der Waals surface area contributed by atoms with Gasteiger partial charge in [-0.2, -0.15) is 11.8 Å². The van der Waals surface area contributed by atoms with Crippen LogP contribution in [0.2, 0.25) is 0 Å². The molecule has 2 nitrogen and oxygen atoms in total. The van der Waals surface area contributed by atoms with Crippen LogP contribution < -0.4 is 5.73 Å². The summed E-state index contributed by atoms with van der Waals surface area (Å²) < 4.78 is 0. The molecule has 2 aliphatic rings. The molecule has 0 radical (unpaired) electrons. The van der Waals surface area contributed by atoms with Gasteiger partial charge in [0.2, 0.25) is 0 Å². The van der Waals surface area contributed by atoms with Gasteiger partial charge in [0.1, 0.15) is 5.84 Å². The van der Waals surface area contributed by atoms with Crippen LogP contribution in [0.5, 0.6) is 0 Å². The first-order chi connectivity index (χ1) is 6.79. The molecule has 0 aliphatic heterocycles. The Hall–Kier alpha value is -0.180. The molecule has 2 saturated carbocycles. The van der Waals surface area contributed by atoms with Gasteiger partial charge in [-0.3, -0.25) is 4.99 Å². The van der Waals surface area contributed by atoms with E-state index in [1.54, 1.807) is 11.8 Å². The lowest BCUT2D eigenvalue weighted by Crippen LogP contribution is -2.19. The summed E-state index contributed by atoms with van der Waals surface area (Å²) in [6.07, 6.45) is 7.89. The Kier molecular flexibility index (Phi) is 3.37. The summed E-state index contributed by atoms with van der Waals surface area (Å²) in [5, 5.41) is 0. The van der Waals surface area contributed by atoms with E-state index in [1.807, 2.05) is 0 Å². The molecule has 3 heteroatoms. The lowest BCUT2D eigenvalue weighted by molar-refractivity contribution is 0.342. The highest BCUT2D eigenvalue weighted by Gasteiger charge is 2.38. The van der Waals surface area contributed by atoms with Gasteiger partial charge in [0.25, 0.3) is 0 Å². The summed E-state index contributed by atoms with van der Waals surface area (Å²) >= 11 is 1.75. The third-order valence-electron chi connectivity index (χ3n) is 3.71. The molecular weight excluding hydrogens is 192 g/mol. The van der Waals surface area contributed by atoms with Crippen LogP contribution in [-0.2, 0) is 0 Å². The molecular formula is C11H20N2S. The highest BCUT2D eigenvalue weighted by Crippen LogP contribution is 2.48. The normalized spacial score (nSPS) is 36.6. The number of amidine groups is 1. The number of nitrogens with two attached hydrogens (primary N) is 1. The van der Waals surface area contributed by atoms with Crippen molar-refractivity contribution in [2.24, 2.45) is 28.5 Å². The van der Waals surface area contributed by atoms with Crippen LogP contribution in [0.1, 0.15) is 25.7 Å². The van der Waals surface area contributed by atoms with E-state index >= 15 is 0 Å². The summed E-state index contributed by atoms with van der Waals surface area (Å²) in [5.74, 6) is 4.59. The van der Waals surface area contributed by atoms with Gasteiger partial charge in [-0.05, 0) is 43.3 Å². The van der Waals surface area contributed by atoms with Crippen LogP contribution in [-0.4, -0.2) is 24.4 Å². The maximum atomic E-state index is 5.79. The molecule has 0 heterocycles. The van der Waals surface area contributed by atoms with E-state index in [1.165, 1.54) is 25.7 Å². The van der Waals surface area contributed by atoms with E-state index in [0.717, 1.165) is 35.9 Å². The van der Waals surface area contributed by atoms with Crippen molar-refractivity contribution in [1.82, 2.24) is 0 Å². The van der Waals surface area contributed by atoms with Gasteiger partial charge in [0, 0.05) is 6.54 Å². The van der Waals surface area contributed by atoms with Gasteiger partial charge in [-0.1, -0.05) is 6.42 Å². The molecule has 0 aromatic rings. The largest absolute Gasteiger partial charge is 0.387 e. The van der Waals surface area contributed by atoms with Gasteiger partial charge in [0.05, 0.1) is 5.75 Å². The van der Waals surface area contributed by atoms with Crippen LogP contribution in [0.4, 0.5) is 0 Å². The van der Waals surface area contributed by atoms with E-state index < -0.39 is 0 Å². The van der Waals surface area contributed by atoms with Crippen molar-refractivity contribution >= 4 is 17.6 Å². The van der Waals surface area contributed by atoms with Crippen molar-refractivity contribution in [2.45, 2.75) is 25.7 Å². The van der Waals surface area contributed by atoms with Gasteiger partial charge in [-0.25, -0.2) is 0 Å². The second-order valence-electron chi connectivity index (χ2n) is 4.70. The molecule has 0 saturated heterocycles. The van der Waals surface area contributed by atoms with Crippen molar-refractivity contribution in [1.29, 1.82) is 0 Å². The van der Waals surface area contributed by atoms with Gasteiger partial charge < -0.3 is 5.73 Å². The fraction of sp³-hybridized carbons (Fsp3) is 0.909. The summed E-state index contributed by atoms with van der Waals surface area (Å²) in [7, 11) is 0. The Bertz CT molecular complexity index is 227. The van der Waals surface area contributed by atoms with Gasteiger partial charge in [0.15, 0.2) is 0 Å². The highest BCUT2D eigenvalue weighted by molar-refractivity contribution is 7.99. The SMILES string of the molecule is CSCC(N)=NC[C@@H]1C[C@H]2CC[C@H]1C2. The molecule has 14 heavy (non-hydrogen) atoms. The number of thioether (sulfide) groups is 1. The lowest BCUT2D eigenvalue weighted by atomic mass is 9.89. The molecule has 80 valence electrons. The zero-order valence-corrected chi connectivity index (χ0v) is 9.72. The maximum Gasteiger partial charge on any atom is 0.104 e. The molecule has 2 rings (SSSR count). The third kappa shape index (κ3) is 2.25. The van der Waals surface area contributed by atoms with Crippen LogP contribution in [0.25, 0.3) is 0 Å². The highest BCUT2D eigenvalue weighted by atomic mass is 32.2. The Morgan fingerprint density at radius 3 is 2.86 bits per heavy atom. The molecule has 0 unspecified atom stereocenters. The van der Waals surface area contributed by atoms with Gasteiger partial charge >= 0.3 is 0 Å². The van der Waals surface area contributed by atoms with Crippen molar-refractivity contribution in [2.75, 3.05) is 18.6 Å². The van der Waals surface area contributed by atoms with E-state index in [9.17, 15) is 0 Å². The first-order valence-corrected chi connectivity index (χ1v) is 6.96. The number of fused-ring (bicyclic) bond motifs is 2. The molecule has 2 N–H and O–H groups in total. The maximum absolute atomic E-state index is 5.79.